The Morgan fingerprint density at radius 2 is 1.89 bits per heavy atom. The van der Waals surface area contributed by atoms with Gasteiger partial charge in [-0.05, 0) is 19.9 Å². The van der Waals surface area contributed by atoms with Gasteiger partial charge >= 0.3 is 0 Å². The highest BCUT2D eigenvalue weighted by Crippen LogP contribution is 2.42. The Morgan fingerprint density at radius 1 is 1.21 bits per heavy atom. The van der Waals surface area contributed by atoms with Gasteiger partial charge in [-0.2, -0.15) is 0 Å². The summed E-state index contributed by atoms with van der Waals surface area (Å²) in [6.07, 6.45) is -0.541. The van der Waals surface area contributed by atoms with Crippen molar-refractivity contribution in [2.75, 3.05) is 26.3 Å². The van der Waals surface area contributed by atoms with E-state index in [9.17, 15) is 5.11 Å². The molecule has 19 heavy (non-hydrogen) atoms. The predicted molar refractivity (Wildman–Crippen MR) is 72.3 cm³/mol. The lowest BCUT2D eigenvalue weighted by Gasteiger charge is -2.47. The third-order valence-corrected chi connectivity index (χ3v) is 4.06. The first-order valence-electron chi connectivity index (χ1n) is 6.87. The second-order valence-corrected chi connectivity index (χ2v) is 5.78. The number of para-hydroxylation sites is 1. The number of rotatable bonds is 1. The molecule has 104 valence electrons. The molecule has 3 rings (SSSR count). The molecule has 2 aliphatic heterocycles. The van der Waals surface area contributed by atoms with Crippen LogP contribution in [0.4, 0.5) is 0 Å². The van der Waals surface area contributed by atoms with Crippen molar-refractivity contribution >= 4 is 0 Å². The SMILES string of the molecule is CC1(C)Oc2ccccc2[C@@H](N2CCOCC2)[C@@H]1O. The minimum Gasteiger partial charge on any atom is -0.485 e. The fourth-order valence-corrected chi connectivity index (χ4v) is 2.96. The van der Waals surface area contributed by atoms with Gasteiger partial charge in [-0.1, -0.05) is 18.2 Å². The van der Waals surface area contributed by atoms with E-state index < -0.39 is 11.7 Å². The number of aliphatic hydroxyl groups is 1. The molecule has 0 radical (unpaired) electrons. The van der Waals surface area contributed by atoms with Gasteiger partial charge in [-0.25, -0.2) is 0 Å². The zero-order valence-electron chi connectivity index (χ0n) is 11.5. The van der Waals surface area contributed by atoms with Crippen molar-refractivity contribution in [1.29, 1.82) is 0 Å². The fraction of sp³-hybridized carbons (Fsp3) is 0.600. The highest BCUT2D eigenvalue weighted by atomic mass is 16.5. The summed E-state index contributed by atoms with van der Waals surface area (Å²) in [4.78, 5) is 2.30. The number of nitrogens with zero attached hydrogens (tertiary/aromatic N) is 1. The first kappa shape index (κ1) is 12.9. The Balaban J connectivity index is 2.00. The molecule has 2 heterocycles. The molecular weight excluding hydrogens is 242 g/mol. The summed E-state index contributed by atoms with van der Waals surface area (Å²) in [6.45, 7) is 7.06. The van der Waals surface area contributed by atoms with E-state index in [0.717, 1.165) is 37.6 Å². The molecule has 0 aliphatic carbocycles. The number of fused-ring (bicyclic) bond motifs is 1. The third kappa shape index (κ3) is 2.24. The lowest BCUT2D eigenvalue weighted by molar-refractivity contribution is -0.108. The van der Waals surface area contributed by atoms with Crippen LogP contribution in [0.5, 0.6) is 5.75 Å². The van der Waals surface area contributed by atoms with Gasteiger partial charge in [0.1, 0.15) is 17.5 Å². The molecule has 0 spiro atoms. The predicted octanol–water partition coefficient (Wildman–Crippen LogP) is 1.59. The van der Waals surface area contributed by atoms with Crippen LogP contribution in [0, 0.1) is 0 Å². The van der Waals surface area contributed by atoms with Crippen molar-refractivity contribution in [3.8, 4) is 5.75 Å². The molecule has 2 aliphatic rings. The van der Waals surface area contributed by atoms with Crippen LogP contribution in [0.3, 0.4) is 0 Å². The Bertz CT molecular complexity index is 454. The van der Waals surface area contributed by atoms with Gasteiger partial charge in [0.05, 0.1) is 19.3 Å². The average molecular weight is 263 g/mol. The first-order valence-corrected chi connectivity index (χ1v) is 6.87. The normalized spacial score (nSPS) is 30.5. The van der Waals surface area contributed by atoms with Gasteiger partial charge in [-0.3, -0.25) is 4.90 Å². The Labute approximate surface area is 113 Å². The highest BCUT2D eigenvalue weighted by Gasteiger charge is 2.45. The van der Waals surface area contributed by atoms with Crippen LogP contribution in [-0.4, -0.2) is 48.0 Å². The molecule has 0 saturated carbocycles. The van der Waals surface area contributed by atoms with Crippen LogP contribution < -0.4 is 4.74 Å². The van der Waals surface area contributed by atoms with Crippen molar-refractivity contribution in [3.05, 3.63) is 29.8 Å². The second-order valence-electron chi connectivity index (χ2n) is 5.78. The van der Waals surface area contributed by atoms with E-state index in [1.165, 1.54) is 0 Å². The van der Waals surface area contributed by atoms with Crippen LogP contribution in [0.25, 0.3) is 0 Å². The Hall–Kier alpha value is -1.10. The summed E-state index contributed by atoms with van der Waals surface area (Å²) in [7, 11) is 0. The number of hydrogen-bond donors (Lipinski definition) is 1. The lowest BCUT2D eigenvalue weighted by atomic mass is 9.85. The Kier molecular flexibility index (Phi) is 3.25. The van der Waals surface area contributed by atoms with Crippen LogP contribution in [0.1, 0.15) is 25.5 Å². The molecule has 1 N–H and O–H groups in total. The molecular formula is C15H21NO3. The largest absolute Gasteiger partial charge is 0.485 e. The van der Waals surface area contributed by atoms with Gasteiger partial charge < -0.3 is 14.6 Å². The van der Waals surface area contributed by atoms with Crippen molar-refractivity contribution in [3.63, 3.8) is 0 Å². The van der Waals surface area contributed by atoms with Crippen molar-refractivity contribution in [2.24, 2.45) is 0 Å². The number of morpholine rings is 1. The van der Waals surface area contributed by atoms with E-state index in [2.05, 4.69) is 4.90 Å². The van der Waals surface area contributed by atoms with E-state index in [0.29, 0.717) is 0 Å². The quantitative estimate of drug-likeness (QED) is 0.835. The molecule has 1 saturated heterocycles. The Morgan fingerprint density at radius 3 is 2.63 bits per heavy atom. The number of hydrogen-bond acceptors (Lipinski definition) is 4. The summed E-state index contributed by atoms with van der Waals surface area (Å²) in [6, 6.07) is 8.00. The average Bonchev–Trinajstić information content (AvgIpc) is 2.41. The summed E-state index contributed by atoms with van der Waals surface area (Å²) in [5.74, 6) is 0.884. The molecule has 0 aromatic heterocycles. The molecule has 4 nitrogen and oxygen atoms in total. The maximum Gasteiger partial charge on any atom is 0.131 e. The third-order valence-electron chi connectivity index (χ3n) is 4.06. The standard InChI is InChI=1S/C15H21NO3/c1-15(2)14(17)13(16-7-9-18-10-8-16)11-5-3-4-6-12(11)19-15/h3-6,13-14,17H,7-10H2,1-2H3/t13-,14+/m1/s1. The van der Waals surface area contributed by atoms with Crippen LogP contribution in [-0.2, 0) is 4.74 Å². The summed E-state index contributed by atoms with van der Waals surface area (Å²) < 4.78 is 11.4. The zero-order chi connectivity index (χ0) is 13.5. The molecule has 0 unspecified atom stereocenters. The molecule has 1 aromatic carbocycles. The molecule has 2 atom stereocenters. The van der Waals surface area contributed by atoms with Gasteiger partial charge in [0.2, 0.25) is 0 Å². The van der Waals surface area contributed by atoms with Crippen molar-refractivity contribution in [1.82, 2.24) is 4.90 Å². The van der Waals surface area contributed by atoms with Gasteiger partial charge in [0, 0.05) is 18.7 Å². The molecule has 0 amide bonds. The number of ether oxygens (including phenoxy) is 2. The molecule has 4 heteroatoms. The van der Waals surface area contributed by atoms with Crippen LogP contribution in [0.2, 0.25) is 0 Å². The summed E-state index contributed by atoms with van der Waals surface area (Å²) >= 11 is 0. The first-order chi connectivity index (χ1) is 9.09. The highest BCUT2D eigenvalue weighted by molar-refractivity contribution is 5.40. The monoisotopic (exact) mass is 263 g/mol. The maximum absolute atomic E-state index is 10.7. The van der Waals surface area contributed by atoms with E-state index in [1.807, 2.05) is 38.1 Å². The number of aliphatic hydroxyl groups excluding tert-OH is 1. The number of benzene rings is 1. The minimum absolute atomic E-state index is 0.0103. The maximum atomic E-state index is 10.7. The van der Waals surface area contributed by atoms with Crippen LogP contribution in [0.15, 0.2) is 24.3 Å². The van der Waals surface area contributed by atoms with E-state index in [1.54, 1.807) is 0 Å². The minimum atomic E-state index is -0.572. The molecule has 1 fully saturated rings. The summed E-state index contributed by atoms with van der Waals surface area (Å²) in [5.41, 5.74) is 0.508. The fourth-order valence-electron chi connectivity index (χ4n) is 2.96. The van der Waals surface area contributed by atoms with E-state index in [4.69, 9.17) is 9.47 Å². The van der Waals surface area contributed by atoms with Gasteiger partial charge in [0.25, 0.3) is 0 Å². The topological polar surface area (TPSA) is 41.9 Å². The molecule has 0 bridgehead atoms. The van der Waals surface area contributed by atoms with Crippen LogP contribution >= 0.6 is 0 Å². The van der Waals surface area contributed by atoms with Gasteiger partial charge in [0.15, 0.2) is 0 Å². The smallest absolute Gasteiger partial charge is 0.131 e. The van der Waals surface area contributed by atoms with E-state index >= 15 is 0 Å². The second kappa shape index (κ2) is 4.78. The molecule has 1 aromatic rings. The summed E-state index contributed by atoms with van der Waals surface area (Å²) in [5, 5.41) is 10.7. The van der Waals surface area contributed by atoms with E-state index in [-0.39, 0.29) is 6.04 Å². The van der Waals surface area contributed by atoms with Gasteiger partial charge in [-0.15, -0.1) is 0 Å². The van der Waals surface area contributed by atoms with Crippen molar-refractivity contribution < 1.29 is 14.6 Å². The lowest BCUT2D eigenvalue weighted by Crippen LogP contribution is -2.55. The zero-order valence-corrected chi connectivity index (χ0v) is 11.5. The van der Waals surface area contributed by atoms with Crippen molar-refractivity contribution in [2.45, 2.75) is 31.6 Å².